The van der Waals surface area contributed by atoms with E-state index in [0.29, 0.717) is 6.04 Å². The van der Waals surface area contributed by atoms with Crippen molar-refractivity contribution >= 4 is 32.8 Å². The minimum Gasteiger partial charge on any atom is -0.296 e. The molecular weight excluding hydrogens is 322 g/mol. The van der Waals surface area contributed by atoms with Crippen LogP contribution in [0.25, 0.3) is 10.1 Å². The summed E-state index contributed by atoms with van der Waals surface area (Å²) < 4.78 is 1.30. The van der Waals surface area contributed by atoms with Crippen LogP contribution in [0.1, 0.15) is 23.4 Å². The van der Waals surface area contributed by atoms with E-state index in [-0.39, 0.29) is 0 Å². The van der Waals surface area contributed by atoms with Crippen LogP contribution in [0.15, 0.2) is 41.4 Å². The van der Waals surface area contributed by atoms with Crippen molar-refractivity contribution in [3.05, 3.63) is 51.8 Å². The molecule has 1 atom stereocenters. The Kier molecular flexibility index (Phi) is 4.44. The molecule has 0 bridgehead atoms. The number of thiophene rings is 2. The van der Waals surface area contributed by atoms with Gasteiger partial charge in [-0.1, -0.05) is 0 Å². The Morgan fingerprint density at radius 2 is 2.09 bits per heavy atom. The SMILES string of the molecule is CC(c1ccsc1)N1CCN(Cc2cc3ccncc3s2)CC1. The number of rotatable bonds is 4. The van der Waals surface area contributed by atoms with Gasteiger partial charge in [0.15, 0.2) is 0 Å². The molecule has 1 aliphatic heterocycles. The third kappa shape index (κ3) is 3.33. The summed E-state index contributed by atoms with van der Waals surface area (Å²) in [5.41, 5.74) is 1.46. The number of hydrogen-bond donors (Lipinski definition) is 0. The van der Waals surface area contributed by atoms with Crippen molar-refractivity contribution in [2.45, 2.75) is 19.5 Å². The maximum absolute atomic E-state index is 4.22. The largest absolute Gasteiger partial charge is 0.296 e. The molecule has 0 spiro atoms. The van der Waals surface area contributed by atoms with Crippen LogP contribution in [0, 0.1) is 0 Å². The standard InChI is InChI=1S/C18H21N3S2/c1-14(16-3-9-22-13-16)21-7-5-20(6-8-21)12-17-10-15-2-4-19-11-18(15)23-17/h2-4,9-11,13-14H,5-8,12H2,1H3. The van der Waals surface area contributed by atoms with Gasteiger partial charge in [0, 0.05) is 56.0 Å². The molecule has 1 saturated heterocycles. The van der Waals surface area contributed by atoms with Crippen molar-refractivity contribution in [3.8, 4) is 0 Å². The lowest BCUT2D eigenvalue weighted by molar-refractivity contribution is 0.0986. The lowest BCUT2D eigenvalue weighted by atomic mass is 10.1. The van der Waals surface area contributed by atoms with Gasteiger partial charge in [0.1, 0.15) is 0 Å². The Hall–Kier alpha value is -1.27. The highest BCUT2D eigenvalue weighted by Crippen LogP contribution is 2.27. The van der Waals surface area contributed by atoms with E-state index in [1.54, 1.807) is 11.3 Å². The Morgan fingerprint density at radius 3 is 2.83 bits per heavy atom. The van der Waals surface area contributed by atoms with Gasteiger partial charge < -0.3 is 0 Å². The van der Waals surface area contributed by atoms with Crippen LogP contribution >= 0.6 is 22.7 Å². The molecule has 0 N–H and O–H groups in total. The fourth-order valence-corrected chi connectivity index (χ4v) is 5.09. The first kappa shape index (κ1) is 15.3. The Labute approximate surface area is 145 Å². The average Bonchev–Trinajstić information content (AvgIpc) is 3.24. The summed E-state index contributed by atoms with van der Waals surface area (Å²) in [5.74, 6) is 0. The smallest absolute Gasteiger partial charge is 0.0529 e. The molecule has 1 fully saturated rings. The number of nitrogens with zero attached hydrogens (tertiary/aromatic N) is 3. The average molecular weight is 344 g/mol. The molecular formula is C18H21N3S2. The molecule has 23 heavy (non-hydrogen) atoms. The van der Waals surface area contributed by atoms with Crippen molar-refractivity contribution < 1.29 is 0 Å². The highest BCUT2D eigenvalue weighted by atomic mass is 32.1. The minimum absolute atomic E-state index is 0.541. The predicted octanol–water partition coefficient (Wildman–Crippen LogP) is 4.24. The van der Waals surface area contributed by atoms with Crippen LogP contribution in [0.4, 0.5) is 0 Å². The zero-order chi connectivity index (χ0) is 15.6. The first-order valence-electron chi connectivity index (χ1n) is 8.10. The monoisotopic (exact) mass is 343 g/mol. The van der Waals surface area contributed by atoms with Gasteiger partial charge in [-0.3, -0.25) is 14.8 Å². The lowest BCUT2D eigenvalue weighted by Crippen LogP contribution is -2.46. The van der Waals surface area contributed by atoms with E-state index in [9.17, 15) is 0 Å². The second-order valence-corrected chi connectivity index (χ2v) is 8.12. The van der Waals surface area contributed by atoms with Gasteiger partial charge in [-0.15, -0.1) is 11.3 Å². The normalized spacial score (nSPS) is 18.5. The van der Waals surface area contributed by atoms with E-state index < -0.39 is 0 Å². The van der Waals surface area contributed by atoms with Gasteiger partial charge in [0.2, 0.25) is 0 Å². The van der Waals surface area contributed by atoms with Crippen LogP contribution in [-0.2, 0) is 6.54 Å². The number of hydrogen-bond acceptors (Lipinski definition) is 5. The molecule has 4 heterocycles. The fourth-order valence-electron chi connectivity index (χ4n) is 3.27. The molecule has 0 saturated carbocycles. The maximum Gasteiger partial charge on any atom is 0.0529 e. The Bertz CT molecular complexity index is 725. The zero-order valence-corrected chi connectivity index (χ0v) is 14.9. The van der Waals surface area contributed by atoms with Crippen LogP contribution in [0.3, 0.4) is 0 Å². The van der Waals surface area contributed by atoms with Gasteiger partial charge in [-0.2, -0.15) is 11.3 Å². The summed E-state index contributed by atoms with van der Waals surface area (Å²) in [6.45, 7) is 8.02. The van der Waals surface area contributed by atoms with E-state index in [1.165, 1.54) is 20.5 Å². The second-order valence-electron chi connectivity index (χ2n) is 6.17. The Morgan fingerprint density at radius 1 is 1.22 bits per heavy atom. The maximum atomic E-state index is 4.22. The van der Waals surface area contributed by atoms with E-state index in [0.717, 1.165) is 32.7 Å². The number of pyridine rings is 1. The van der Waals surface area contributed by atoms with Crippen molar-refractivity contribution in [1.82, 2.24) is 14.8 Å². The fraction of sp³-hybridized carbons (Fsp3) is 0.389. The predicted molar refractivity (Wildman–Crippen MR) is 99.2 cm³/mol. The zero-order valence-electron chi connectivity index (χ0n) is 13.3. The van der Waals surface area contributed by atoms with Crippen molar-refractivity contribution in [2.24, 2.45) is 0 Å². The van der Waals surface area contributed by atoms with Gasteiger partial charge in [-0.25, -0.2) is 0 Å². The topological polar surface area (TPSA) is 19.4 Å². The number of aromatic nitrogens is 1. The summed E-state index contributed by atoms with van der Waals surface area (Å²) in [4.78, 5) is 10.9. The third-order valence-corrected chi connectivity index (χ3v) is 6.51. The molecule has 4 rings (SSSR count). The van der Waals surface area contributed by atoms with Gasteiger partial charge >= 0.3 is 0 Å². The van der Waals surface area contributed by atoms with Crippen LogP contribution in [0.5, 0.6) is 0 Å². The summed E-state index contributed by atoms with van der Waals surface area (Å²) >= 11 is 3.68. The summed E-state index contributed by atoms with van der Waals surface area (Å²) in [5, 5.41) is 5.78. The molecule has 120 valence electrons. The highest BCUT2D eigenvalue weighted by molar-refractivity contribution is 7.19. The van der Waals surface area contributed by atoms with Crippen LogP contribution in [-0.4, -0.2) is 41.0 Å². The van der Waals surface area contributed by atoms with Crippen LogP contribution in [0.2, 0.25) is 0 Å². The van der Waals surface area contributed by atoms with Crippen LogP contribution < -0.4 is 0 Å². The third-order valence-electron chi connectivity index (χ3n) is 4.73. The molecule has 3 aromatic heterocycles. The molecule has 0 radical (unpaired) electrons. The number of fused-ring (bicyclic) bond motifs is 1. The summed E-state index contributed by atoms with van der Waals surface area (Å²) in [6, 6.07) is 7.23. The lowest BCUT2D eigenvalue weighted by Gasteiger charge is -2.37. The summed E-state index contributed by atoms with van der Waals surface area (Å²) in [7, 11) is 0. The van der Waals surface area contributed by atoms with E-state index in [2.05, 4.69) is 50.7 Å². The van der Waals surface area contributed by atoms with Crippen molar-refractivity contribution in [3.63, 3.8) is 0 Å². The molecule has 5 heteroatoms. The van der Waals surface area contributed by atoms with Gasteiger partial charge in [0.25, 0.3) is 0 Å². The quantitative estimate of drug-likeness (QED) is 0.706. The minimum atomic E-state index is 0.541. The van der Waals surface area contributed by atoms with E-state index in [1.807, 2.05) is 23.7 Å². The van der Waals surface area contributed by atoms with Gasteiger partial charge in [0.05, 0.1) is 4.70 Å². The first-order chi connectivity index (χ1) is 11.3. The molecule has 3 nitrogen and oxygen atoms in total. The molecule has 1 aliphatic rings. The summed E-state index contributed by atoms with van der Waals surface area (Å²) in [6.07, 6.45) is 3.85. The second kappa shape index (κ2) is 6.69. The number of piperazine rings is 1. The molecule has 0 aliphatic carbocycles. The Balaban J connectivity index is 1.36. The first-order valence-corrected chi connectivity index (χ1v) is 9.86. The molecule has 0 aromatic carbocycles. The van der Waals surface area contributed by atoms with E-state index >= 15 is 0 Å². The van der Waals surface area contributed by atoms with Gasteiger partial charge in [-0.05, 0) is 46.8 Å². The van der Waals surface area contributed by atoms with Crippen molar-refractivity contribution in [2.75, 3.05) is 26.2 Å². The molecule has 3 aromatic rings. The van der Waals surface area contributed by atoms with Crippen molar-refractivity contribution in [1.29, 1.82) is 0 Å². The highest BCUT2D eigenvalue weighted by Gasteiger charge is 2.22. The van der Waals surface area contributed by atoms with E-state index in [4.69, 9.17) is 0 Å². The molecule has 1 unspecified atom stereocenters. The molecule has 0 amide bonds.